The van der Waals surface area contributed by atoms with E-state index < -0.39 is 0 Å². The van der Waals surface area contributed by atoms with E-state index in [1.165, 1.54) is 141 Å². The zero-order chi connectivity index (χ0) is 86.4. The fourth-order valence-corrected chi connectivity index (χ4v) is 16.4. The van der Waals surface area contributed by atoms with E-state index in [4.69, 9.17) is 27.1 Å². The first kappa shape index (κ1) is 96.6. The molecule has 0 aliphatic heterocycles. The van der Waals surface area contributed by atoms with E-state index >= 15 is 0 Å². The Morgan fingerprint density at radius 2 is 0.659 bits per heavy atom. The first-order valence-electron chi connectivity index (χ1n) is 41.4. The smallest absolute Gasteiger partial charge is 0.257 e. The van der Waals surface area contributed by atoms with Crippen LogP contribution in [-0.4, -0.2) is 24.9 Å². The number of halogens is 1. The van der Waals surface area contributed by atoms with Crippen molar-refractivity contribution in [3.8, 4) is 90.6 Å². The Morgan fingerprint density at radius 3 is 1.05 bits per heavy atom. The van der Waals surface area contributed by atoms with Crippen LogP contribution in [0, 0.1) is 117 Å². The molecule has 15 nitrogen and oxygen atoms in total. The van der Waals surface area contributed by atoms with E-state index in [0.29, 0.717) is 29.5 Å². The molecule has 0 aliphatic carbocycles. The Labute approximate surface area is 746 Å². The summed E-state index contributed by atoms with van der Waals surface area (Å²) < 4.78 is 53.6. The monoisotopic (exact) mass is 1690 g/mol. The zero-order valence-electron chi connectivity index (χ0n) is 74.6. The molecule has 652 valence electrons. The van der Waals surface area contributed by atoms with Gasteiger partial charge >= 0.3 is 0 Å². The van der Waals surface area contributed by atoms with E-state index in [1.807, 2.05) is 101 Å². The molecule has 0 saturated carbocycles. The molecule has 8 aromatic carbocycles. The van der Waals surface area contributed by atoms with Crippen molar-refractivity contribution in [2.75, 3.05) is 0 Å². The summed E-state index contributed by atoms with van der Waals surface area (Å²) in [7, 11) is 10.2. The third kappa shape index (κ3) is 19.9. The number of oxazole rings is 5. The van der Waals surface area contributed by atoms with E-state index in [1.54, 1.807) is 12.1 Å². The Morgan fingerprint density at radius 1 is 0.317 bits per heavy atom. The van der Waals surface area contributed by atoms with E-state index in [0.717, 1.165) is 107 Å². The summed E-state index contributed by atoms with van der Waals surface area (Å²) in [5.74, 6) is 3.09. The molecule has 10 aromatic heterocycles. The van der Waals surface area contributed by atoms with Crippen LogP contribution in [0.1, 0.15) is 177 Å². The minimum absolute atomic E-state index is 0. The van der Waals surface area contributed by atoms with Crippen molar-refractivity contribution in [3.05, 3.63) is 307 Å². The van der Waals surface area contributed by atoms with Crippen molar-refractivity contribution in [3.63, 3.8) is 0 Å². The van der Waals surface area contributed by atoms with Gasteiger partial charge in [0.25, 0.3) is 11.4 Å². The summed E-state index contributed by atoms with van der Waals surface area (Å²) in [4.78, 5) is 22.8. The van der Waals surface area contributed by atoms with E-state index in [2.05, 4.69) is 286 Å². The Hall–Kier alpha value is -13.2. The van der Waals surface area contributed by atoms with Gasteiger partial charge in [-0.1, -0.05) is 159 Å². The van der Waals surface area contributed by atoms with Crippen LogP contribution in [0.15, 0.2) is 223 Å². The molecule has 0 spiro atoms. The van der Waals surface area contributed by atoms with Crippen molar-refractivity contribution >= 4 is 55.5 Å². The Bertz CT molecular complexity index is 6970. The maximum absolute atomic E-state index is 13.1. The maximum Gasteiger partial charge on any atom is 0.257 e. The molecule has 0 bridgehead atoms. The number of benzene rings is 8. The highest BCUT2D eigenvalue weighted by Gasteiger charge is 2.29. The lowest BCUT2D eigenvalue weighted by Gasteiger charge is -2.17. The van der Waals surface area contributed by atoms with Gasteiger partial charge in [-0.25, -0.2) is 29.3 Å². The van der Waals surface area contributed by atoms with Gasteiger partial charge in [0.15, 0.2) is 76.6 Å². The third-order valence-corrected chi connectivity index (χ3v) is 23.4. The third-order valence-electron chi connectivity index (χ3n) is 23.4. The molecule has 0 radical (unpaired) electrons. The number of pyridine rings is 5. The van der Waals surface area contributed by atoms with Crippen LogP contribution in [0.2, 0.25) is 0 Å². The number of hydrogen-bond acceptors (Lipinski definition) is 10. The molecule has 0 unspecified atom stereocenters. The largest absolute Gasteiger partial charge is 0.436 e. The minimum atomic E-state index is -0.274. The summed E-state index contributed by atoms with van der Waals surface area (Å²) >= 11 is 0. The van der Waals surface area contributed by atoms with Crippen LogP contribution in [-0.2, 0) is 35.2 Å². The standard InChI is InChI=1S/C28H33N2O.C22H20FN2O.C22H21N2O.C17H19N2O.C16H17N2O.5CH4/c1-16(2)21-10-9-11-22(17(3)4)27(21)28-29-24-15-30(8)25(14-26(24)31-28)23-13-18(5)12-19(6)20(23)7;1-13-9-14(2)15(3)18(10-13)20-11-21-19(12-25(20)4)24-22(26-21)16-5-7-17(23)8-6-16;1-14-10-15(2)16(3)18(11-14)20-12-21-19(13-24(20)4)23-22(25-21)17-8-6-5-7-9-17;1-10-8-11(2)12(3)14(9-10)16-17-15(6-7-19(16)5)18-13(4)20-17;1-10-7-11(2)12(3)13(8-10)15-16-14(17-9-19-16)5-6-18(15)4;;;;;/h9-17H,1-8H3;5-12H,1-4H3;5-13H,1-4H3;6-9H,1-5H3;5-9H,1-4H3;5*1H4/q5*+1;;;;;. The molecule has 10 heterocycles. The quantitative estimate of drug-likeness (QED) is 0.121. The van der Waals surface area contributed by atoms with Crippen molar-refractivity contribution in [2.24, 2.45) is 35.2 Å². The lowest BCUT2D eigenvalue weighted by atomic mass is 9.88. The van der Waals surface area contributed by atoms with Gasteiger partial charge in [-0.05, 0) is 249 Å². The number of aryl methyl sites for hydroxylation is 16. The predicted octanol–water partition coefficient (Wildman–Crippen LogP) is 27.1. The van der Waals surface area contributed by atoms with Crippen LogP contribution >= 0.6 is 0 Å². The first-order chi connectivity index (χ1) is 57.7. The highest BCUT2D eigenvalue weighted by molar-refractivity contribution is 5.89. The summed E-state index contributed by atoms with van der Waals surface area (Å²) in [6.07, 6.45) is 11.7. The van der Waals surface area contributed by atoms with Crippen LogP contribution in [0.4, 0.5) is 4.39 Å². The van der Waals surface area contributed by atoms with Gasteiger partial charge in [-0.15, -0.1) is 0 Å². The normalized spacial score (nSPS) is 10.9. The van der Waals surface area contributed by atoms with Crippen molar-refractivity contribution in [1.82, 2.24) is 24.9 Å². The Balaban J connectivity index is 0.000000178. The molecule has 0 fully saturated rings. The molecule has 0 saturated heterocycles. The average molecular weight is 1690 g/mol. The van der Waals surface area contributed by atoms with E-state index in [-0.39, 0.29) is 43.0 Å². The second-order valence-corrected chi connectivity index (χ2v) is 33.4. The Kier molecular flexibility index (Phi) is 30.5. The highest BCUT2D eigenvalue weighted by Crippen LogP contribution is 2.40. The topological polar surface area (TPSA) is 150 Å². The number of fused-ring (bicyclic) bond motifs is 5. The van der Waals surface area contributed by atoms with Gasteiger partial charge in [0.05, 0.1) is 29.3 Å². The number of hydrogen-bond donors (Lipinski definition) is 0. The number of nitrogens with zero attached hydrogens (tertiary/aromatic N) is 10. The van der Waals surface area contributed by atoms with E-state index in [9.17, 15) is 4.39 Å². The summed E-state index contributed by atoms with van der Waals surface area (Å²) in [6, 6.07) is 55.1. The summed E-state index contributed by atoms with van der Waals surface area (Å²) in [5, 5.41) is 0. The number of aromatic nitrogens is 10. The fourth-order valence-electron chi connectivity index (χ4n) is 16.4. The van der Waals surface area contributed by atoms with Crippen molar-refractivity contribution < 1.29 is 49.3 Å². The molecule has 0 aliphatic rings. The molecular formula is C110H130FN10O5+5. The lowest BCUT2D eigenvalue weighted by Crippen LogP contribution is -2.30. The predicted molar refractivity (Wildman–Crippen MR) is 517 cm³/mol. The van der Waals surface area contributed by atoms with Crippen molar-refractivity contribution in [1.29, 1.82) is 0 Å². The van der Waals surface area contributed by atoms with Crippen LogP contribution in [0.3, 0.4) is 0 Å². The summed E-state index contributed by atoms with van der Waals surface area (Å²) in [6.45, 7) is 43.0. The molecule has 0 amide bonds. The molecule has 18 rings (SSSR count). The number of rotatable bonds is 10. The molecular weight excluding hydrogens is 1560 g/mol. The van der Waals surface area contributed by atoms with Crippen LogP contribution in [0.5, 0.6) is 0 Å². The second-order valence-electron chi connectivity index (χ2n) is 33.4. The molecule has 0 atom stereocenters. The minimum Gasteiger partial charge on any atom is -0.436 e. The van der Waals surface area contributed by atoms with Gasteiger partial charge in [0, 0.05) is 52.4 Å². The van der Waals surface area contributed by atoms with Gasteiger partial charge in [0.2, 0.25) is 45.9 Å². The lowest BCUT2D eigenvalue weighted by molar-refractivity contribution is -0.659. The van der Waals surface area contributed by atoms with Gasteiger partial charge in [-0.2, -0.15) is 22.8 Å². The fraction of sp³-hybridized carbons (Fsp3) is 0.291. The highest BCUT2D eigenvalue weighted by atomic mass is 19.1. The average Bonchev–Trinajstić information content (AvgIpc) is 1.71. The van der Waals surface area contributed by atoms with Gasteiger partial charge in [-0.3, -0.25) is 0 Å². The van der Waals surface area contributed by atoms with Crippen molar-refractivity contribution in [2.45, 2.75) is 187 Å². The summed E-state index contributed by atoms with van der Waals surface area (Å²) in [5.41, 5.74) is 44.6. The van der Waals surface area contributed by atoms with Gasteiger partial charge in [0.1, 0.15) is 52.1 Å². The zero-order valence-corrected chi connectivity index (χ0v) is 74.6. The van der Waals surface area contributed by atoms with Crippen LogP contribution < -0.4 is 22.8 Å². The SMILES string of the molecule is C.C.C.C.C.Cc1cc(C)c(C)c(-c2c3oc(C)nc3cc[n+]2C)c1.Cc1cc(C)c(C)c(-c2c3ocnc3cc[n+]2C)c1.Cc1cc(C)c(C)c(-c2cc3oc(-c4c(C(C)C)cccc4C(C)C)nc3c[n+]2C)c1.Cc1cc(C)c(C)c(-c2cc3oc(-c4ccc(F)cc4)nc3c[n+]2C)c1.Cc1cc(C)c(C)c(-c2cc3oc(-c4ccccc4)nc3c[n+]2C)c1. The molecule has 0 N–H and O–H groups in total. The van der Waals surface area contributed by atoms with Gasteiger partial charge < -0.3 is 22.1 Å². The molecule has 18 aromatic rings. The van der Waals surface area contributed by atoms with Crippen LogP contribution in [0.25, 0.3) is 146 Å². The second kappa shape index (κ2) is 39.8. The first-order valence-corrected chi connectivity index (χ1v) is 41.4. The molecule has 126 heavy (non-hydrogen) atoms. The maximum atomic E-state index is 13.1. The molecule has 16 heteroatoms.